The van der Waals surface area contributed by atoms with Gasteiger partial charge in [-0.05, 0) is 42.3 Å². The van der Waals surface area contributed by atoms with Crippen LogP contribution in [0.5, 0.6) is 5.75 Å². The van der Waals surface area contributed by atoms with Crippen molar-refractivity contribution in [2.75, 3.05) is 5.32 Å². The molecule has 1 amide bonds. The SMILES string of the molecule is CCc1ccc(C(=O)Nc2ccc(O)cc2)c([N+](=O)[O-])c1. The van der Waals surface area contributed by atoms with Crippen molar-refractivity contribution < 1.29 is 14.8 Å². The summed E-state index contributed by atoms with van der Waals surface area (Å²) < 4.78 is 0. The molecular formula is C15H14N2O4. The summed E-state index contributed by atoms with van der Waals surface area (Å²) in [6.45, 7) is 1.88. The molecule has 0 aromatic heterocycles. The summed E-state index contributed by atoms with van der Waals surface area (Å²) in [7, 11) is 0. The summed E-state index contributed by atoms with van der Waals surface area (Å²) in [5, 5.41) is 22.8. The van der Waals surface area contributed by atoms with Gasteiger partial charge in [0.1, 0.15) is 11.3 Å². The zero-order valence-corrected chi connectivity index (χ0v) is 11.4. The first-order chi connectivity index (χ1) is 10.0. The van der Waals surface area contributed by atoms with E-state index in [0.717, 1.165) is 5.56 Å². The van der Waals surface area contributed by atoms with Gasteiger partial charge in [0.2, 0.25) is 0 Å². The summed E-state index contributed by atoms with van der Waals surface area (Å²) in [6, 6.07) is 10.4. The number of phenolic OH excluding ortho intramolecular Hbond substituents is 1. The maximum absolute atomic E-state index is 12.1. The highest BCUT2D eigenvalue weighted by atomic mass is 16.6. The Labute approximate surface area is 121 Å². The number of aryl methyl sites for hydroxylation is 1. The zero-order chi connectivity index (χ0) is 15.4. The molecule has 108 valence electrons. The Balaban J connectivity index is 2.30. The molecule has 21 heavy (non-hydrogen) atoms. The molecule has 0 heterocycles. The fourth-order valence-corrected chi connectivity index (χ4v) is 1.88. The standard InChI is InChI=1S/C15H14N2O4/c1-2-10-3-8-13(14(9-10)17(20)21)15(19)16-11-4-6-12(18)7-5-11/h3-9,18H,2H2,1H3,(H,16,19). The molecule has 0 unspecified atom stereocenters. The molecule has 6 heteroatoms. The van der Waals surface area contributed by atoms with Gasteiger partial charge in [-0.2, -0.15) is 0 Å². The highest BCUT2D eigenvalue weighted by Crippen LogP contribution is 2.22. The monoisotopic (exact) mass is 286 g/mol. The van der Waals surface area contributed by atoms with E-state index < -0.39 is 10.8 Å². The third-order valence-electron chi connectivity index (χ3n) is 3.04. The fourth-order valence-electron chi connectivity index (χ4n) is 1.88. The zero-order valence-electron chi connectivity index (χ0n) is 11.4. The Bertz CT molecular complexity index is 681. The normalized spacial score (nSPS) is 10.1. The van der Waals surface area contributed by atoms with Gasteiger partial charge in [0.05, 0.1) is 4.92 Å². The van der Waals surface area contributed by atoms with Crippen molar-refractivity contribution >= 4 is 17.3 Å². The number of rotatable bonds is 4. The van der Waals surface area contributed by atoms with Crippen LogP contribution in [0.1, 0.15) is 22.8 Å². The van der Waals surface area contributed by atoms with E-state index in [9.17, 15) is 20.0 Å². The molecular weight excluding hydrogens is 272 g/mol. The van der Waals surface area contributed by atoms with Gasteiger partial charge < -0.3 is 10.4 Å². The Kier molecular flexibility index (Phi) is 4.18. The number of nitro groups is 1. The second kappa shape index (κ2) is 6.04. The number of hydrogen-bond acceptors (Lipinski definition) is 4. The molecule has 0 saturated carbocycles. The molecule has 2 rings (SSSR count). The van der Waals surface area contributed by atoms with Crippen LogP contribution in [0.15, 0.2) is 42.5 Å². The van der Waals surface area contributed by atoms with Gasteiger partial charge in [-0.1, -0.05) is 13.0 Å². The van der Waals surface area contributed by atoms with Crippen molar-refractivity contribution in [1.82, 2.24) is 0 Å². The number of anilines is 1. The van der Waals surface area contributed by atoms with E-state index in [4.69, 9.17) is 0 Å². The Morgan fingerprint density at radius 2 is 1.90 bits per heavy atom. The van der Waals surface area contributed by atoms with Gasteiger partial charge >= 0.3 is 0 Å². The van der Waals surface area contributed by atoms with Crippen LogP contribution in [0, 0.1) is 10.1 Å². The molecule has 0 aliphatic carbocycles. The van der Waals surface area contributed by atoms with Crippen LogP contribution in [0.25, 0.3) is 0 Å². The van der Waals surface area contributed by atoms with Crippen molar-refractivity contribution in [2.45, 2.75) is 13.3 Å². The van der Waals surface area contributed by atoms with Gasteiger partial charge in [-0.3, -0.25) is 14.9 Å². The van der Waals surface area contributed by atoms with Gasteiger partial charge in [0.25, 0.3) is 11.6 Å². The number of nitro benzene ring substituents is 1. The fraction of sp³-hybridized carbons (Fsp3) is 0.133. The largest absolute Gasteiger partial charge is 0.508 e. The molecule has 2 aromatic rings. The first-order valence-electron chi connectivity index (χ1n) is 6.39. The van der Waals surface area contributed by atoms with E-state index in [1.807, 2.05) is 6.92 Å². The van der Waals surface area contributed by atoms with Crippen molar-refractivity contribution in [3.05, 3.63) is 63.7 Å². The van der Waals surface area contributed by atoms with Crippen molar-refractivity contribution in [3.63, 3.8) is 0 Å². The molecule has 0 aliphatic heterocycles. The first kappa shape index (κ1) is 14.5. The minimum absolute atomic E-state index is 0.00488. The van der Waals surface area contributed by atoms with Crippen LogP contribution in [-0.2, 0) is 6.42 Å². The predicted octanol–water partition coefficient (Wildman–Crippen LogP) is 3.12. The van der Waals surface area contributed by atoms with Crippen LogP contribution in [0.2, 0.25) is 0 Å². The third kappa shape index (κ3) is 3.36. The molecule has 0 saturated heterocycles. The highest BCUT2D eigenvalue weighted by Gasteiger charge is 2.20. The first-order valence-corrected chi connectivity index (χ1v) is 6.39. The molecule has 2 N–H and O–H groups in total. The molecule has 0 radical (unpaired) electrons. The van der Waals surface area contributed by atoms with Crippen LogP contribution in [0.4, 0.5) is 11.4 Å². The minimum atomic E-state index is -0.565. The smallest absolute Gasteiger partial charge is 0.282 e. The quantitative estimate of drug-likeness (QED) is 0.513. The number of nitrogens with zero attached hydrogens (tertiary/aromatic N) is 1. The molecule has 0 atom stereocenters. The number of nitrogens with one attached hydrogen (secondary N) is 1. The average molecular weight is 286 g/mol. The summed E-state index contributed by atoms with van der Waals surface area (Å²) in [5.41, 5.74) is 1.03. The second-order valence-corrected chi connectivity index (χ2v) is 4.46. The molecule has 6 nitrogen and oxygen atoms in total. The van der Waals surface area contributed by atoms with E-state index >= 15 is 0 Å². The number of carbonyl (C=O) groups excluding carboxylic acids is 1. The lowest BCUT2D eigenvalue weighted by molar-refractivity contribution is -0.385. The number of benzene rings is 2. The minimum Gasteiger partial charge on any atom is -0.508 e. The lowest BCUT2D eigenvalue weighted by Gasteiger charge is -2.07. The molecule has 0 aliphatic rings. The Morgan fingerprint density at radius 1 is 1.24 bits per heavy atom. The number of hydrogen-bond donors (Lipinski definition) is 2. The number of carbonyl (C=O) groups is 1. The van der Waals surface area contributed by atoms with Crippen LogP contribution in [0.3, 0.4) is 0 Å². The third-order valence-corrected chi connectivity index (χ3v) is 3.04. The van der Waals surface area contributed by atoms with Gasteiger partial charge in [0, 0.05) is 11.8 Å². The summed E-state index contributed by atoms with van der Waals surface area (Å²) in [4.78, 5) is 22.7. The number of aromatic hydroxyl groups is 1. The molecule has 2 aromatic carbocycles. The average Bonchev–Trinajstić information content (AvgIpc) is 2.48. The summed E-state index contributed by atoms with van der Waals surface area (Å²) in [5.74, 6) is -0.485. The molecule has 0 bridgehead atoms. The maximum Gasteiger partial charge on any atom is 0.282 e. The van der Waals surface area contributed by atoms with Gasteiger partial charge in [-0.15, -0.1) is 0 Å². The van der Waals surface area contributed by atoms with Crippen molar-refractivity contribution in [3.8, 4) is 5.75 Å². The summed E-state index contributed by atoms with van der Waals surface area (Å²) in [6.07, 6.45) is 0.653. The second-order valence-electron chi connectivity index (χ2n) is 4.46. The van der Waals surface area contributed by atoms with Gasteiger partial charge in [0.15, 0.2) is 0 Å². The Hall–Kier alpha value is -2.89. The Morgan fingerprint density at radius 3 is 2.48 bits per heavy atom. The lowest BCUT2D eigenvalue weighted by Crippen LogP contribution is -2.14. The van der Waals surface area contributed by atoms with Crippen LogP contribution >= 0.6 is 0 Å². The number of amides is 1. The van der Waals surface area contributed by atoms with Crippen LogP contribution in [-0.4, -0.2) is 15.9 Å². The lowest BCUT2D eigenvalue weighted by atomic mass is 10.1. The van der Waals surface area contributed by atoms with Crippen LogP contribution < -0.4 is 5.32 Å². The van der Waals surface area contributed by atoms with E-state index in [0.29, 0.717) is 12.1 Å². The van der Waals surface area contributed by atoms with E-state index in [1.165, 1.54) is 36.4 Å². The topological polar surface area (TPSA) is 92.5 Å². The molecule has 0 spiro atoms. The number of phenols is 1. The van der Waals surface area contributed by atoms with E-state index in [-0.39, 0.29) is 17.0 Å². The maximum atomic E-state index is 12.1. The predicted molar refractivity (Wildman–Crippen MR) is 78.5 cm³/mol. The highest BCUT2D eigenvalue weighted by molar-refractivity contribution is 6.07. The molecule has 0 fully saturated rings. The van der Waals surface area contributed by atoms with E-state index in [1.54, 1.807) is 6.07 Å². The van der Waals surface area contributed by atoms with E-state index in [2.05, 4.69) is 5.32 Å². The van der Waals surface area contributed by atoms with Gasteiger partial charge in [-0.25, -0.2) is 0 Å². The summed E-state index contributed by atoms with van der Waals surface area (Å²) >= 11 is 0. The van der Waals surface area contributed by atoms with Crippen molar-refractivity contribution in [2.24, 2.45) is 0 Å². The van der Waals surface area contributed by atoms with Crippen molar-refractivity contribution in [1.29, 1.82) is 0 Å².